The minimum Gasteiger partial charge on any atom is -0.484 e. The summed E-state index contributed by atoms with van der Waals surface area (Å²) in [6.07, 6.45) is 9.83. The number of fused-ring (bicyclic) bond motifs is 1. The van der Waals surface area contributed by atoms with Gasteiger partial charge in [-0.1, -0.05) is 19.1 Å². The summed E-state index contributed by atoms with van der Waals surface area (Å²) in [6, 6.07) is 8.25. The molecule has 6 rings (SSSR count). The lowest BCUT2D eigenvalue weighted by atomic mass is 9.82. The summed E-state index contributed by atoms with van der Waals surface area (Å²) in [5.74, 6) is 1.26. The van der Waals surface area contributed by atoms with Crippen molar-refractivity contribution in [2.75, 3.05) is 7.11 Å². The van der Waals surface area contributed by atoms with Gasteiger partial charge >= 0.3 is 5.97 Å². The van der Waals surface area contributed by atoms with Gasteiger partial charge in [-0.3, -0.25) is 9.78 Å². The molecule has 0 amide bonds. The van der Waals surface area contributed by atoms with Gasteiger partial charge in [0.1, 0.15) is 17.5 Å². The molecule has 3 aliphatic rings. The van der Waals surface area contributed by atoms with Gasteiger partial charge in [-0.15, -0.1) is 0 Å². The van der Waals surface area contributed by atoms with Gasteiger partial charge in [0.05, 0.1) is 30.6 Å². The standard InChI is InChI=1S/C30H33N3O4/c1-16(30(34)35)28(20-7-8-20)21-9-6-19-10-11-25(37-26(19)12-21)29-17(2)33-24(15-32-29)22-13-27(36-3)31-14-23(22)18-4-5-18/h6,9,12-16,18,20,25,28H,4-5,7-8,10-11H2,1-3H3,(H,34,35). The molecular weight excluding hydrogens is 466 g/mol. The van der Waals surface area contributed by atoms with E-state index >= 15 is 0 Å². The number of rotatable bonds is 8. The van der Waals surface area contributed by atoms with E-state index in [1.54, 1.807) is 7.11 Å². The van der Waals surface area contributed by atoms with Crippen LogP contribution >= 0.6 is 0 Å². The first kappa shape index (κ1) is 23.9. The van der Waals surface area contributed by atoms with Gasteiger partial charge in [0.25, 0.3) is 0 Å². The lowest BCUT2D eigenvalue weighted by Gasteiger charge is -2.29. The molecule has 3 unspecified atom stereocenters. The van der Waals surface area contributed by atoms with E-state index in [-0.39, 0.29) is 12.0 Å². The highest BCUT2D eigenvalue weighted by molar-refractivity contribution is 5.71. The van der Waals surface area contributed by atoms with Gasteiger partial charge in [-0.2, -0.15) is 0 Å². The van der Waals surface area contributed by atoms with Crippen molar-refractivity contribution >= 4 is 5.97 Å². The van der Waals surface area contributed by atoms with Crippen LogP contribution in [-0.4, -0.2) is 33.1 Å². The van der Waals surface area contributed by atoms with E-state index in [0.29, 0.717) is 17.7 Å². The Morgan fingerprint density at radius 2 is 1.92 bits per heavy atom. The van der Waals surface area contributed by atoms with Crippen LogP contribution in [0.1, 0.15) is 85.0 Å². The second-order valence-corrected chi connectivity index (χ2v) is 10.8. The highest BCUT2D eigenvalue weighted by Crippen LogP contribution is 2.48. The third-order valence-electron chi connectivity index (χ3n) is 8.18. The van der Waals surface area contributed by atoms with Crippen LogP contribution in [0, 0.1) is 18.8 Å². The molecule has 2 aromatic heterocycles. The first-order valence-electron chi connectivity index (χ1n) is 13.3. The molecule has 3 aromatic rings. The summed E-state index contributed by atoms with van der Waals surface area (Å²) in [4.78, 5) is 26.0. The molecule has 0 spiro atoms. The minimum atomic E-state index is -0.740. The lowest BCUT2D eigenvalue weighted by molar-refractivity contribution is -0.142. The van der Waals surface area contributed by atoms with Gasteiger partial charge in [-0.25, -0.2) is 9.97 Å². The molecule has 3 atom stereocenters. The SMILES string of the molecule is COc1cc(-c2cnc(C3CCc4ccc(C(C5CC5)C(C)C(=O)O)cc4O3)c(C)n2)c(C2CC2)cn1. The molecule has 7 nitrogen and oxygen atoms in total. The molecule has 2 aliphatic carbocycles. The summed E-state index contributed by atoms with van der Waals surface area (Å²) < 4.78 is 11.9. The predicted molar refractivity (Wildman–Crippen MR) is 139 cm³/mol. The Kier molecular flexibility index (Phi) is 6.09. The van der Waals surface area contributed by atoms with E-state index in [1.165, 1.54) is 18.4 Å². The number of aryl methyl sites for hydroxylation is 2. The molecule has 1 N–H and O–H groups in total. The zero-order chi connectivity index (χ0) is 25.7. The average molecular weight is 500 g/mol. The number of hydrogen-bond donors (Lipinski definition) is 1. The second-order valence-electron chi connectivity index (χ2n) is 10.8. The Hall–Kier alpha value is -3.48. The van der Waals surface area contributed by atoms with E-state index < -0.39 is 11.9 Å². The molecule has 2 fully saturated rings. The highest BCUT2D eigenvalue weighted by atomic mass is 16.5. The van der Waals surface area contributed by atoms with Crippen molar-refractivity contribution in [1.82, 2.24) is 15.0 Å². The smallest absolute Gasteiger partial charge is 0.306 e. The van der Waals surface area contributed by atoms with Crippen LogP contribution in [0.2, 0.25) is 0 Å². The number of ether oxygens (including phenoxy) is 2. The third kappa shape index (κ3) is 4.67. The number of nitrogens with zero attached hydrogens (tertiary/aromatic N) is 3. The maximum atomic E-state index is 11.8. The number of carbonyl (C=O) groups is 1. The first-order chi connectivity index (χ1) is 17.9. The molecule has 2 saturated carbocycles. The number of benzene rings is 1. The number of carboxylic acid groups (broad SMARTS) is 1. The number of carboxylic acids is 1. The molecule has 3 heterocycles. The van der Waals surface area contributed by atoms with Crippen LogP contribution in [0.25, 0.3) is 11.3 Å². The van der Waals surface area contributed by atoms with Crippen molar-refractivity contribution in [3.8, 4) is 22.9 Å². The summed E-state index contributed by atoms with van der Waals surface area (Å²) in [5.41, 5.74) is 7.01. The van der Waals surface area contributed by atoms with Crippen LogP contribution in [0.3, 0.4) is 0 Å². The molecule has 1 aromatic carbocycles. The third-order valence-corrected chi connectivity index (χ3v) is 8.18. The topological polar surface area (TPSA) is 94.4 Å². The summed E-state index contributed by atoms with van der Waals surface area (Å²) in [7, 11) is 1.63. The van der Waals surface area contributed by atoms with Gasteiger partial charge < -0.3 is 14.6 Å². The van der Waals surface area contributed by atoms with E-state index in [1.807, 2.05) is 32.3 Å². The maximum Gasteiger partial charge on any atom is 0.306 e. The van der Waals surface area contributed by atoms with Gasteiger partial charge in [0.2, 0.25) is 5.88 Å². The van der Waals surface area contributed by atoms with Gasteiger partial charge in [0, 0.05) is 17.8 Å². The molecule has 0 bridgehead atoms. The van der Waals surface area contributed by atoms with E-state index in [4.69, 9.17) is 19.4 Å². The average Bonchev–Trinajstić information content (AvgIpc) is 3.82. The van der Waals surface area contributed by atoms with E-state index in [2.05, 4.69) is 23.2 Å². The van der Waals surface area contributed by atoms with Crippen molar-refractivity contribution in [2.24, 2.45) is 11.8 Å². The van der Waals surface area contributed by atoms with Crippen LogP contribution in [0.15, 0.2) is 36.7 Å². The number of aromatic nitrogens is 3. The summed E-state index contributed by atoms with van der Waals surface area (Å²) in [5, 5.41) is 9.68. The number of aliphatic carboxylic acids is 1. The fraction of sp³-hybridized carbons (Fsp3) is 0.467. The normalized spacial score (nSPS) is 20.5. The number of hydrogen-bond acceptors (Lipinski definition) is 6. The molecular formula is C30H33N3O4. The van der Waals surface area contributed by atoms with Crippen molar-refractivity contribution in [1.29, 1.82) is 0 Å². The van der Waals surface area contributed by atoms with Crippen LogP contribution in [0.5, 0.6) is 11.6 Å². The molecule has 0 saturated heterocycles. The predicted octanol–water partition coefficient (Wildman–Crippen LogP) is 6.01. The Morgan fingerprint density at radius 1 is 1.11 bits per heavy atom. The Bertz CT molecular complexity index is 1350. The van der Waals surface area contributed by atoms with Crippen molar-refractivity contribution in [3.05, 3.63) is 64.7 Å². The maximum absolute atomic E-state index is 11.8. The quantitative estimate of drug-likeness (QED) is 0.405. The highest BCUT2D eigenvalue weighted by Gasteiger charge is 2.39. The molecule has 7 heteroatoms. The zero-order valence-electron chi connectivity index (χ0n) is 21.6. The number of methoxy groups -OCH3 is 1. The lowest BCUT2D eigenvalue weighted by Crippen LogP contribution is -2.22. The Balaban J connectivity index is 1.27. The van der Waals surface area contributed by atoms with Crippen molar-refractivity contribution in [2.45, 2.75) is 70.3 Å². The zero-order valence-corrected chi connectivity index (χ0v) is 21.6. The number of pyridine rings is 1. The van der Waals surface area contributed by atoms with Gasteiger partial charge in [-0.05, 0) is 86.0 Å². The van der Waals surface area contributed by atoms with Crippen LogP contribution in [0.4, 0.5) is 0 Å². The van der Waals surface area contributed by atoms with Crippen LogP contribution < -0.4 is 9.47 Å². The van der Waals surface area contributed by atoms with Crippen molar-refractivity contribution in [3.63, 3.8) is 0 Å². The van der Waals surface area contributed by atoms with Crippen LogP contribution in [-0.2, 0) is 11.2 Å². The fourth-order valence-corrected chi connectivity index (χ4v) is 5.80. The van der Waals surface area contributed by atoms with Crippen molar-refractivity contribution < 1.29 is 19.4 Å². The minimum absolute atomic E-state index is 0.0191. The molecule has 0 radical (unpaired) electrons. The van der Waals surface area contributed by atoms with E-state index in [0.717, 1.165) is 65.2 Å². The van der Waals surface area contributed by atoms with E-state index in [9.17, 15) is 9.90 Å². The fourth-order valence-electron chi connectivity index (χ4n) is 5.80. The molecule has 1 aliphatic heterocycles. The largest absolute Gasteiger partial charge is 0.484 e. The Morgan fingerprint density at radius 3 is 2.59 bits per heavy atom. The molecule has 37 heavy (non-hydrogen) atoms. The monoisotopic (exact) mass is 499 g/mol. The summed E-state index contributed by atoms with van der Waals surface area (Å²) >= 11 is 0. The molecule has 192 valence electrons. The Labute approximate surface area is 217 Å². The first-order valence-corrected chi connectivity index (χ1v) is 13.3. The van der Waals surface area contributed by atoms with Gasteiger partial charge in [0.15, 0.2) is 0 Å². The second kappa shape index (κ2) is 9.43. The summed E-state index contributed by atoms with van der Waals surface area (Å²) in [6.45, 7) is 3.82.